The summed E-state index contributed by atoms with van der Waals surface area (Å²) in [6, 6.07) is 3.95. The van der Waals surface area contributed by atoms with Crippen LogP contribution in [-0.2, 0) is 16.1 Å². The summed E-state index contributed by atoms with van der Waals surface area (Å²) in [5.41, 5.74) is 1.03. The number of carbonyl (C=O) groups excluding carboxylic acids is 2. The van der Waals surface area contributed by atoms with E-state index in [2.05, 4.69) is 37.7 Å². The van der Waals surface area contributed by atoms with E-state index in [1.54, 1.807) is 19.6 Å². The number of rotatable bonds is 7. The Labute approximate surface area is 186 Å². The van der Waals surface area contributed by atoms with Gasteiger partial charge >= 0.3 is 0 Å². The fourth-order valence-corrected chi connectivity index (χ4v) is 5.10. The van der Waals surface area contributed by atoms with Crippen molar-refractivity contribution in [1.82, 2.24) is 30.1 Å². The SMILES string of the molecule is CN=C(NCCCN1C(=O)C2C3C=CC(C3)C2C1=O)NCc1ccc(-n2ccnc2)nc1. The molecule has 2 aliphatic carbocycles. The first-order chi connectivity index (χ1) is 15.7. The Morgan fingerprint density at radius 1 is 1.16 bits per heavy atom. The van der Waals surface area contributed by atoms with Gasteiger partial charge in [0.15, 0.2) is 5.96 Å². The third kappa shape index (κ3) is 3.68. The second-order valence-corrected chi connectivity index (χ2v) is 8.53. The smallest absolute Gasteiger partial charge is 0.233 e. The predicted octanol–water partition coefficient (Wildman–Crippen LogP) is 1.13. The number of aromatic nitrogens is 3. The monoisotopic (exact) mass is 433 g/mol. The van der Waals surface area contributed by atoms with Crippen LogP contribution in [-0.4, -0.2) is 57.3 Å². The standard InChI is InChI=1S/C23H27N7O2/c1-24-23(28-13-15-3-6-18(27-12-15)29-10-8-25-14-29)26-7-2-9-30-21(31)19-16-4-5-17(11-16)20(19)22(30)32/h3-6,8,10,12,14,16-17,19-20H,2,7,9,11,13H2,1H3,(H2,24,26,28). The normalized spacial score (nSPS) is 26.2. The van der Waals surface area contributed by atoms with E-state index in [4.69, 9.17) is 0 Å². The van der Waals surface area contributed by atoms with Gasteiger partial charge in [-0.2, -0.15) is 0 Å². The number of fused-ring (bicyclic) bond motifs is 5. The Morgan fingerprint density at radius 3 is 2.56 bits per heavy atom. The van der Waals surface area contributed by atoms with Crippen LogP contribution in [0.4, 0.5) is 0 Å². The van der Waals surface area contributed by atoms with Crippen LogP contribution in [0, 0.1) is 23.7 Å². The molecule has 5 rings (SSSR count). The molecule has 2 N–H and O–H groups in total. The fourth-order valence-electron chi connectivity index (χ4n) is 5.10. The van der Waals surface area contributed by atoms with Gasteiger partial charge in [0, 0.05) is 45.3 Å². The van der Waals surface area contributed by atoms with Crippen molar-refractivity contribution in [3.05, 3.63) is 54.8 Å². The molecule has 0 radical (unpaired) electrons. The highest BCUT2D eigenvalue weighted by atomic mass is 16.2. The third-order valence-electron chi connectivity index (χ3n) is 6.67. The molecule has 0 aromatic carbocycles. The number of allylic oxidation sites excluding steroid dienone is 2. The maximum Gasteiger partial charge on any atom is 0.233 e. The topological polar surface area (TPSA) is 105 Å². The molecule has 1 aliphatic heterocycles. The summed E-state index contributed by atoms with van der Waals surface area (Å²) in [6.45, 7) is 1.65. The van der Waals surface area contributed by atoms with Gasteiger partial charge in [0.05, 0.1) is 11.8 Å². The summed E-state index contributed by atoms with van der Waals surface area (Å²) in [4.78, 5) is 39.7. The number of aliphatic imine (C=N–C) groups is 1. The number of nitrogens with zero attached hydrogens (tertiary/aromatic N) is 5. The molecule has 3 aliphatic rings. The van der Waals surface area contributed by atoms with Gasteiger partial charge in [-0.25, -0.2) is 9.97 Å². The van der Waals surface area contributed by atoms with Crippen molar-refractivity contribution in [3.63, 3.8) is 0 Å². The molecule has 2 aromatic heterocycles. The van der Waals surface area contributed by atoms with E-state index in [0.717, 1.165) is 17.8 Å². The molecule has 1 saturated heterocycles. The van der Waals surface area contributed by atoms with Gasteiger partial charge in [-0.3, -0.25) is 24.0 Å². The summed E-state index contributed by atoms with van der Waals surface area (Å²) >= 11 is 0. The van der Waals surface area contributed by atoms with E-state index in [1.807, 2.05) is 29.1 Å². The first-order valence-corrected chi connectivity index (χ1v) is 11.1. The molecule has 4 unspecified atom stereocenters. The van der Waals surface area contributed by atoms with E-state index in [9.17, 15) is 9.59 Å². The molecule has 1 saturated carbocycles. The molecule has 9 heteroatoms. The van der Waals surface area contributed by atoms with Crippen LogP contribution >= 0.6 is 0 Å². The maximum atomic E-state index is 12.7. The molecule has 2 bridgehead atoms. The number of hydrogen-bond acceptors (Lipinski definition) is 5. The van der Waals surface area contributed by atoms with Crippen molar-refractivity contribution < 1.29 is 9.59 Å². The summed E-state index contributed by atoms with van der Waals surface area (Å²) < 4.78 is 1.85. The van der Waals surface area contributed by atoms with Crippen LogP contribution in [0.15, 0.2) is 54.2 Å². The van der Waals surface area contributed by atoms with Gasteiger partial charge in [-0.15, -0.1) is 0 Å². The van der Waals surface area contributed by atoms with Crippen molar-refractivity contribution in [2.75, 3.05) is 20.1 Å². The number of amides is 2. The largest absolute Gasteiger partial charge is 0.356 e. The second-order valence-electron chi connectivity index (χ2n) is 8.53. The Balaban J connectivity index is 1.06. The number of guanidine groups is 1. The van der Waals surface area contributed by atoms with Crippen LogP contribution < -0.4 is 10.6 Å². The predicted molar refractivity (Wildman–Crippen MR) is 119 cm³/mol. The number of pyridine rings is 1. The molecule has 2 amide bonds. The van der Waals surface area contributed by atoms with E-state index in [1.165, 1.54) is 4.90 Å². The van der Waals surface area contributed by atoms with E-state index in [-0.39, 0.29) is 35.5 Å². The molecule has 9 nitrogen and oxygen atoms in total. The number of hydrogen-bond donors (Lipinski definition) is 2. The molecule has 2 aromatic rings. The van der Waals surface area contributed by atoms with Crippen molar-refractivity contribution in [1.29, 1.82) is 0 Å². The number of imide groups is 1. The summed E-state index contributed by atoms with van der Waals surface area (Å²) in [6.07, 6.45) is 13.0. The number of imidazole rings is 1. The molecular formula is C23H27N7O2. The minimum absolute atomic E-state index is 0.0194. The highest BCUT2D eigenvalue weighted by molar-refractivity contribution is 6.06. The van der Waals surface area contributed by atoms with Crippen LogP contribution in [0.2, 0.25) is 0 Å². The van der Waals surface area contributed by atoms with Crippen LogP contribution in [0.3, 0.4) is 0 Å². The highest BCUT2D eigenvalue weighted by Gasteiger charge is 2.58. The highest BCUT2D eigenvalue weighted by Crippen LogP contribution is 2.52. The Hall–Kier alpha value is -3.49. The lowest BCUT2D eigenvalue weighted by molar-refractivity contribution is -0.140. The lowest BCUT2D eigenvalue weighted by atomic mass is 9.85. The zero-order valence-corrected chi connectivity index (χ0v) is 18.0. The first-order valence-electron chi connectivity index (χ1n) is 11.1. The van der Waals surface area contributed by atoms with Crippen molar-refractivity contribution >= 4 is 17.8 Å². The van der Waals surface area contributed by atoms with E-state index in [0.29, 0.717) is 32.0 Å². The molecule has 2 fully saturated rings. The zero-order chi connectivity index (χ0) is 22.1. The van der Waals surface area contributed by atoms with Gasteiger partial charge in [0.1, 0.15) is 12.1 Å². The first kappa shape index (κ1) is 20.4. The Morgan fingerprint density at radius 2 is 1.94 bits per heavy atom. The summed E-state index contributed by atoms with van der Waals surface area (Å²) in [7, 11) is 1.72. The van der Waals surface area contributed by atoms with Gasteiger partial charge in [-0.1, -0.05) is 18.2 Å². The molecule has 4 atom stereocenters. The Kier molecular flexibility index (Phi) is 5.46. The maximum absolute atomic E-state index is 12.7. The number of carbonyl (C=O) groups is 2. The molecule has 32 heavy (non-hydrogen) atoms. The van der Waals surface area contributed by atoms with E-state index < -0.39 is 0 Å². The van der Waals surface area contributed by atoms with Crippen LogP contribution in [0.5, 0.6) is 0 Å². The fraction of sp³-hybridized carbons (Fsp3) is 0.435. The van der Waals surface area contributed by atoms with Crippen LogP contribution in [0.25, 0.3) is 5.82 Å². The molecule has 3 heterocycles. The Bertz CT molecular complexity index is 1010. The minimum Gasteiger partial charge on any atom is -0.356 e. The second kappa shape index (κ2) is 8.57. The van der Waals surface area contributed by atoms with Gasteiger partial charge in [0.25, 0.3) is 0 Å². The summed E-state index contributed by atoms with van der Waals surface area (Å²) in [5.74, 6) is 1.81. The minimum atomic E-state index is -0.117. The molecule has 0 spiro atoms. The van der Waals surface area contributed by atoms with E-state index >= 15 is 0 Å². The van der Waals surface area contributed by atoms with Gasteiger partial charge < -0.3 is 10.6 Å². The average Bonchev–Trinajstić information content (AvgIpc) is 3.60. The summed E-state index contributed by atoms with van der Waals surface area (Å²) in [5, 5.41) is 6.51. The van der Waals surface area contributed by atoms with Crippen molar-refractivity contribution in [2.45, 2.75) is 19.4 Å². The quantitative estimate of drug-likeness (QED) is 0.223. The van der Waals surface area contributed by atoms with Crippen LogP contribution in [0.1, 0.15) is 18.4 Å². The van der Waals surface area contributed by atoms with Crippen molar-refractivity contribution in [3.8, 4) is 5.82 Å². The van der Waals surface area contributed by atoms with Crippen molar-refractivity contribution in [2.24, 2.45) is 28.7 Å². The van der Waals surface area contributed by atoms with Gasteiger partial charge in [-0.05, 0) is 36.3 Å². The molecular weight excluding hydrogens is 406 g/mol. The zero-order valence-electron chi connectivity index (χ0n) is 18.0. The lowest BCUT2D eigenvalue weighted by Gasteiger charge is -2.18. The third-order valence-corrected chi connectivity index (χ3v) is 6.67. The average molecular weight is 434 g/mol. The lowest BCUT2D eigenvalue weighted by Crippen LogP contribution is -2.39. The molecule has 166 valence electrons. The van der Waals surface area contributed by atoms with Gasteiger partial charge in [0.2, 0.25) is 11.8 Å². The number of likely N-dealkylation sites (tertiary alicyclic amines) is 1. The number of nitrogens with one attached hydrogen (secondary N) is 2.